The van der Waals surface area contributed by atoms with Crippen molar-refractivity contribution in [2.75, 3.05) is 11.5 Å². The van der Waals surface area contributed by atoms with Crippen molar-refractivity contribution in [3.05, 3.63) is 53.9 Å². The van der Waals surface area contributed by atoms with Crippen LogP contribution in [-0.4, -0.2) is 46.6 Å². The number of hydrogen-bond donors (Lipinski definition) is 5. The predicted molar refractivity (Wildman–Crippen MR) is 112 cm³/mol. The number of tetrazole rings is 1. The Morgan fingerprint density at radius 2 is 1.27 bits per heavy atom. The molecule has 7 N–H and O–H groups in total. The Morgan fingerprint density at radius 3 is 1.53 bits per heavy atom. The molecule has 0 amide bonds. The third kappa shape index (κ3) is 6.50. The summed E-state index contributed by atoms with van der Waals surface area (Å²) < 4.78 is 64.4. The van der Waals surface area contributed by atoms with Gasteiger partial charge in [-0.15, -0.1) is 17.5 Å². The molecule has 0 bridgehead atoms. The van der Waals surface area contributed by atoms with E-state index < -0.39 is 30.0 Å². The first-order chi connectivity index (χ1) is 13.5. The highest BCUT2D eigenvalue weighted by Gasteiger charge is 2.19. The summed E-state index contributed by atoms with van der Waals surface area (Å²) in [5, 5.41) is 12.1. The van der Waals surface area contributed by atoms with E-state index in [0.29, 0.717) is 0 Å². The second-order valence-corrected chi connectivity index (χ2v) is 8.09. The molecule has 0 fully saturated rings. The van der Waals surface area contributed by atoms with Crippen LogP contribution in [0.15, 0.2) is 52.5 Å². The van der Waals surface area contributed by atoms with E-state index in [1.165, 1.54) is 54.9 Å². The summed E-state index contributed by atoms with van der Waals surface area (Å²) in [7, 11) is -9.17. The maximum atomic E-state index is 11.5. The third-order valence-electron chi connectivity index (χ3n) is 3.38. The molecule has 1 aromatic heterocycles. The minimum absolute atomic E-state index is 0. The van der Waals surface area contributed by atoms with E-state index in [2.05, 4.69) is 20.6 Å². The van der Waals surface area contributed by atoms with Gasteiger partial charge in [0, 0.05) is 0 Å². The first kappa shape index (κ1) is 25.0. The molecule has 3 rings (SSSR count). The van der Waals surface area contributed by atoms with Crippen LogP contribution in [0.1, 0.15) is 11.1 Å². The van der Waals surface area contributed by atoms with Crippen LogP contribution < -0.4 is 11.5 Å². The molecule has 1 heterocycles. The Bertz CT molecular complexity index is 1130. The highest BCUT2D eigenvalue weighted by molar-refractivity contribution is 7.86. The molecule has 0 saturated heterocycles. The zero-order chi connectivity index (χ0) is 21.7. The molecule has 162 valence electrons. The fourth-order valence-corrected chi connectivity index (χ4v) is 3.91. The summed E-state index contributed by atoms with van der Waals surface area (Å²) in [6.45, 7) is 0. The maximum Gasteiger partial charge on any atom is 0.297 e. The number of aromatic amines is 1. The minimum Gasteiger partial charge on any atom is -0.398 e. The van der Waals surface area contributed by atoms with E-state index in [1.54, 1.807) is 0 Å². The van der Waals surface area contributed by atoms with Crippen molar-refractivity contribution in [1.29, 1.82) is 0 Å². The molecule has 0 aliphatic heterocycles. The van der Waals surface area contributed by atoms with E-state index in [9.17, 15) is 25.9 Å². The predicted octanol–water partition coefficient (Wildman–Crippen LogP) is 1.14. The van der Waals surface area contributed by atoms with Crippen molar-refractivity contribution in [1.82, 2.24) is 20.6 Å². The van der Waals surface area contributed by atoms with Gasteiger partial charge >= 0.3 is 0 Å². The third-order valence-corrected chi connectivity index (χ3v) is 5.35. The number of aromatic nitrogens is 4. The number of hydrogen-bond acceptors (Lipinski definition) is 9. The van der Waals surface area contributed by atoms with Crippen molar-refractivity contribution < 1.29 is 25.9 Å². The van der Waals surface area contributed by atoms with E-state index in [0.717, 1.165) is 0 Å². The maximum absolute atomic E-state index is 11.5. The van der Waals surface area contributed by atoms with Gasteiger partial charge in [-0.2, -0.15) is 16.8 Å². The van der Waals surface area contributed by atoms with Gasteiger partial charge in [-0.3, -0.25) is 9.11 Å². The van der Waals surface area contributed by atoms with E-state index in [-0.39, 0.29) is 34.9 Å². The molecule has 15 heteroatoms. The number of rotatable bonds is 4. The number of benzene rings is 2. The van der Waals surface area contributed by atoms with Crippen LogP contribution in [0, 0.1) is 0 Å². The number of nitrogen functional groups attached to an aromatic ring is 2. The molecule has 0 aliphatic carbocycles. The van der Waals surface area contributed by atoms with Crippen LogP contribution >= 0.6 is 12.4 Å². The number of nitrogens with zero attached hydrogens (tertiary/aromatic N) is 3. The lowest BCUT2D eigenvalue weighted by molar-refractivity contribution is 0.481. The standard InChI is InChI=1S/C14H14N2O6S2.CH2N4.ClH/c15-11-5-1-3-9(13(11)23(17,18)19)7-8-10-4-2-6-12(16)14(10)24(20,21)22;1-2-4-5-3-1;/h1-8H,15-16H2,(H,17,18,19)(H,20,21,22);1H,(H,2,3,4,5);1H/b8-7+;;. The van der Waals surface area contributed by atoms with E-state index in [4.69, 9.17) is 11.5 Å². The van der Waals surface area contributed by atoms with Gasteiger partial charge in [-0.1, -0.05) is 36.4 Å². The normalized spacial score (nSPS) is 11.4. The Labute approximate surface area is 177 Å². The Balaban J connectivity index is 0.000000655. The van der Waals surface area contributed by atoms with Crippen molar-refractivity contribution in [3.8, 4) is 0 Å². The number of nitrogens with one attached hydrogen (secondary N) is 1. The quantitative estimate of drug-likeness (QED) is 0.204. The Hall–Kier alpha value is -3.04. The highest BCUT2D eigenvalue weighted by atomic mass is 35.5. The lowest BCUT2D eigenvalue weighted by atomic mass is 10.1. The molecule has 0 unspecified atom stereocenters. The lowest BCUT2D eigenvalue weighted by Crippen LogP contribution is -2.06. The van der Waals surface area contributed by atoms with Crippen molar-refractivity contribution >= 4 is 56.2 Å². The van der Waals surface area contributed by atoms with E-state index >= 15 is 0 Å². The summed E-state index contributed by atoms with van der Waals surface area (Å²) in [5.41, 5.74) is 10.9. The zero-order valence-corrected chi connectivity index (χ0v) is 17.4. The second-order valence-electron chi connectivity index (χ2n) is 5.38. The molecule has 30 heavy (non-hydrogen) atoms. The summed E-state index contributed by atoms with van der Waals surface area (Å²) in [4.78, 5) is -1.00. The van der Waals surface area contributed by atoms with Gasteiger partial charge in [-0.05, 0) is 33.7 Å². The van der Waals surface area contributed by atoms with Crippen LogP contribution in [0.5, 0.6) is 0 Å². The Morgan fingerprint density at radius 1 is 0.833 bits per heavy atom. The number of halogens is 1. The summed E-state index contributed by atoms with van der Waals surface area (Å²) >= 11 is 0. The average Bonchev–Trinajstić information content (AvgIpc) is 3.17. The largest absolute Gasteiger partial charge is 0.398 e. The first-order valence-electron chi connectivity index (χ1n) is 7.59. The van der Waals surface area contributed by atoms with Gasteiger partial charge in [0.15, 0.2) is 0 Å². The highest BCUT2D eigenvalue weighted by Crippen LogP contribution is 2.27. The zero-order valence-electron chi connectivity index (χ0n) is 14.9. The topological polar surface area (TPSA) is 215 Å². The minimum atomic E-state index is -4.58. The van der Waals surface area contributed by atoms with Gasteiger partial charge in [0.2, 0.25) is 0 Å². The molecule has 0 spiro atoms. The van der Waals surface area contributed by atoms with E-state index in [1.807, 2.05) is 0 Å². The average molecular weight is 477 g/mol. The summed E-state index contributed by atoms with van der Waals surface area (Å²) in [6, 6.07) is 8.26. The number of nitrogens with two attached hydrogens (primary N) is 2. The molecule has 0 saturated carbocycles. The van der Waals surface area contributed by atoms with Crippen LogP contribution in [0.3, 0.4) is 0 Å². The van der Waals surface area contributed by atoms with Gasteiger partial charge < -0.3 is 11.5 Å². The summed E-state index contributed by atoms with van der Waals surface area (Å²) in [6.07, 6.45) is 3.88. The molecule has 3 aromatic rings. The molecule has 0 atom stereocenters. The van der Waals surface area contributed by atoms with Gasteiger partial charge in [0.05, 0.1) is 11.4 Å². The van der Waals surface area contributed by atoms with Crippen molar-refractivity contribution in [2.45, 2.75) is 9.79 Å². The molecule has 2 aromatic carbocycles. The first-order valence-corrected chi connectivity index (χ1v) is 10.5. The van der Waals surface area contributed by atoms with Gasteiger partial charge in [0.25, 0.3) is 20.2 Å². The smallest absolute Gasteiger partial charge is 0.297 e. The van der Waals surface area contributed by atoms with Gasteiger partial charge in [0.1, 0.15) is 16.1 Å². The van der Waals surface area contributed by atoms with Crippen molar-refractivity contribution in [2.24, 2.45) is 0 Å². The SMILES string of the molecule is Cl.Nc1cccc(/C=C/c2cccc(N)c2S(=O)(=O)O)c1S(=O)(=O)O.c1nnn[nH]1. The number of H-pyrrole nitrogens is 1. The van der Waals surface area contributed by atoms with Crippen molar-refractivity contribution in [3.63, 3.8) is 0 Å². The molecule has 0 radical (unpaired) electrons. The van der Waals surface area contributed by atoms with Gasteiger partial charge in [-0.25, -0.2) is 5.10 Å². The van der Waals surface area contributed by atoms with Crippen LogP contribution in [0.25, 0.3) is 12.2 Å². The molecule has 0 aliphatic rings. The van der Waals surface area contributed by atoms with Crippen LogP contribution in [-0.2, 0) is 20.2 Å². The van der Waals surface area contributed by atoms with Crippen LogP contribution in [0.4, 0.5) is 11.4 Å². The molecular formula is C15H17ClN6O6S2. The second kappa shape index (κ2) is 10.1. The molecule has 12 nitrogen and oxygen atoms in total. The fourth-order valence-electron chi connectivity index (χ4n) is 2.31. The lowest BCUT2D eigenvalue weighted by Gasteiger charge is -2.08. The monoisotopic (exact) mass is 476 g/mol. The molecular weight excluding hydrogens is 460 g/mol. The Kier molecular flexibility index (Phi) is 8.44. The summed E-state index contributed by atoms with van der Waals surface area (Å²) in [5.74, 6) is 0. The fraction of sp³-hybridized carbons (Fsp3) is 0. The van der Waals surface area contributed by atoms with Crippen LogP contribution in [0.2, 0.25) is 0 Å². The number of anilines is 2.